The van der Waals surface area contributed by atoms with Crippen LogP contribution in [0.4, 0.5) is 0 Å². The van der Waals surface area contributed by atoms with Gasteiger partial charge in [-0.2, -0.15) is 0 Å². The van der Waals surface area contributed by atoms with Gasteiger partial charge in [-0.25, -0.2) is 0 Å². The highest BCUT2D eigenvalue weighted by Gasteiger charge is 2.19. The van der Waals surface area contributed by atoms with Gasteiger partial charge in [0.1, 0.15) is 13.2 Å². The summed E-state index contributed by atoms with van der Waals surface area (Å²) >= 11 is 0. The quantitative estimate of drug-likeness (QED) is 0.0287. The number of unbranched alkanes of at least 4 members (excludes halogenated alkanes) is 7. The maximum absolute atomic E-state index is 12.6. The molecular weight excluding hydrogens is 685 g/mol. The van der Waals surface area contributed by atoms with Gasteiger partial charge in [0.2, 0.25) is 0 Å². The van der Waals surface area contributed by atoms with Crippen molar-refractivity contribution in [1.29, 1.82) is 0 Å². The molecule has 0 aliphatic heterocycles. The van der Waals surface area contributed by atoms with Gasteiger partial charge in [0.05, 0.1) is 0 Å². The van der Waals surface area contributed by atoms with Crippen molar-refractivity contribution < 1.29 is 28.6 Å². The van der Waals surface area contributed by atoms with Crippen molar-refractivity contribution in [3.05, 3.63) is 146 Å². The molecule has 0 N–H and O–H groups in total. The molecule has 6 nitrogen and oxygen atoms in total. The molecule has 0 aliphatic rings. The molecule has 0 rings (SSSR count). The maximum atomic E-state index is 12.6. The van der Waals surface area contributed by atoms with E-state index in [1.807, 2.05) is 109 Å². The number of esters is 3. The van der Waals surface area contributed by atoms with E-state index >= 15 is 0 Å². The second kappa shape index (κ2) is 42.0. The Morgan fingerprint density at radius 2 is 0.727 bits per heavy atom. The molecule has 1 atom stereocenters. The molecule has 0 fully saturated rings. The number of hydrogen-bond donors (Lipinski definition) is 0. The van der Waals surface area contributed by atoms with E-state index in [1.165, 1.54) is 12.8 Å². The van der Waals surface area contributed by atoms with Gasteiger partial charge in [-0.1, -0.05) is 186 Å². The molecular formula is C49H70O6. The topological polar surface area (TPSA) is 78.9 Å². The van der Waals surface area contributed by atoms with Gasteiger partial charge in [0, 0.05) is 19.3 Å². The second-order valence-electron chi connectivity index (χ2n) is 12.7. The van der Waals surface area contributed by atoms with Gasteiger partial charge >= 0.3 is 17.9 Å². The zero-order chi connectivity index (χ0) is 40.1. The van der Waals surface area contributed by atoms with E-state index in [4.69, 9.17) is 14.2 Å². The van der Waals surface area contributed by atoms with E-state index in [0.717, 1.165) is 51.4 Å². The highest BCUT2D eigenvalue weighted by atomic mass is 16.6. The summed E-state index contributed by atoms with van der Waals surface area (Å²) in [7, 11) is 0. The minimum atomic E-state index is -0.858. The summed E-state index contributed by atoms with van der Waals surface area (Å²) in [6.45, 7) is 6.08. The lowest BCUT2D eigenvalue weighted by Crippen LogP contribution is -2.30. The van der Waals surface area contributed by atoms with Crippen LogP contribution >= 0.6 is 0 Å². The molecule has 302 valence electrons. The first-order valence-electron chi connectivity index (χ1n) is 20.5. The number of rotatable bonds is 33. The van der Waals surface area contributed by atoms with Crippen LogP contribution in [-0.2, 0) is 28.6 Å². The Morgan fingerprint density at radius 1 is 0.382 bits per heavy atom. The molecule has 1 unspecified atom stereocenters. The Morgan fingerprint density at radius 3 is 1.16 bits per heavy atom. The van der Waals surface area contributed by atoms with Gasteiger partial charge in [-0.05, 0) is 64.2 Å². The lowest BCUT2D eigenvalue weighted by atomic mass is 10.1. The molecule has 55 heavy (non-hydrogen) atoms. The van der Waals surface area contributed by atoms with Crippen molar-refractivity contribution in [3.8, 4) is 0 Å². The molecule has 0 heterocycles. The summed E-state index contributed by atoms with van der Waals surface area (Å²) in [5.74, 6) is -1.15. The molecule has 0 aromatic heterocycles. The fourth-order valence-electron chi connectivity index (χ4n) is 4.53. The van der Waals surface area contributed by atoms with Crippen LogP contribution < -0.4 is 0 Å². The van der Waals surface area contributed by atoms with Crippen LogP contribution in [0.2, 0.25) is 0 Å². The first-order valence-corrected chi connectivity index (χ1v) is 20.5. The van der Waals surface area contributed by atoms with Crippen molar-refractivity contribution in [2.75, 3.05) is 13.2 Å². The normalized spacial score (nSPS) is 13.6. The predicted octanol–water partition coefficient (Wildman–Crippen LogP) is 13.0. The summed E-state index contributed by atoms with van der Waals surface area (Å²) in [6, 6.07) is 0. The largest absolute Gasteiger partial charge is 0.462 e. The van der Waals surface area contributed by atoms with E-state index in [9.17, 15) is 14.4 Å². The fourth-order valence-corrected chi connectivity index (χ4v) is 4.53. The highest BCUT2D eigenvalue weighted by molar-refractivity contribution is 5.71. The van der Waals surface area contributed by atoms with Crippen molar-refractivity contribution >= 4 is 17.9 Å². The van der Waals surface area contributed by atoms with Crippen LogP contribution in [0, 0.1) is 0 Å². The predicted molar refractivity (Wildman–Crippen MR) is 232 cm³/mol. The van der Waals surface area contributed by atoms with Crippen LogP contribution in [0.3, 0.4) is 0 Å². The number of ether oxygens (including phenoxy) is 3. The molecule has 0 radical (unpaired) electrons. The monoisotopic (exact) mass is 755 g/mol. The lowest BCUT2D eigenvalue weighted by molar-refractivity contribution is -0.167. The van der Waals surface area contributed by atoms with Gasteiger partial charge < -0.3 is 14.2 Å². The smallest absolute Gasteiger partial charge is 0.306 e. The van der Waals surface area contributed by atoms with Crippen molar-refractivity contribution in [2.45, 2.75) is 130 Å². The zero-order valence-electron chi connectivity index (χ0n) is 34.1. The maximum Gasteiger partial charge on any atom is 0.306 e. The third kappa shape index (κ3) is 40.3. The highest BCUT2D eigenvalue weighted by Crippen LogP contribution is 2.09. The van der Waals surface area contributed by atoms with Crippen molar-refractivity contribution in [2.24, 2.45) is 0 Å². The van der Waals surface area contributed by atoms with E-state index in [-0.39, 0.29) is 44.4 Å². The van der Waals surface area contributed by atoms with Crippen molar-refractivity contribution in [1.82, 2.24) is 0 Å². The van der Waals surface area contributed by atoms with Crippen LogP contribution in [0.5, 0.6) is 0 Å². The third-order valence-electron chi connectivity index (χ3n) is 7.59. The molecule has 0 aromatic carbocycles. The fraction of sp³-hybridized carbons (Fsp3) is 0.449. The molecule has 0 aliphatic carbocycles. The number of allylic oxidation sites excluding steroid dienone is 24. The minimum absolute atomic E-state index is 0.151. The van der Waals surface area contributed by atoms with Crippen molar-refractivity contribution in [3.63, 3.8) is 0 Å². The zero-order valence-corrected chi connectivity index (χ0v) is 34.1. The minimum Gasteiger partial charge on any atom is -0.462 e. The summed E-state index contributed by atoms with van der Waals surface area (Å²) in [5, 5.41) is 0. The molecule has 0 saturated heterocycles. The Hall–Kier alpha value is -4.71. The van der Waals surface area contributed by atoms with E-state index in [2.05, 4.69) is 57.2 Å². The summed E-state index contributed by atoms with van der Waals surface area (Å²) in [5.41, 5.74) is 0. The van der Waals surface area contributed by atoms with Crippen LogP contribution in [-0.4, -0.2) is 37.2 Å². The molecule has 0 bridgehead atoms. The first-order chi connectivity index (χ1) is 27.0. The average Bonchev–Trinajstić information content (AvgIpc) is 3.18. The summed E-state index contributed by atoms with van der Waals surface area (Å²) in [4.78, 5) is 37.5. The molecule has 0 saturated carbocycles. The Balaban J connectivity index is 4.73. The molecule has 0 amide bonds. The van der Waals surface area contributed by atoms with E-state index in [1.54, 1.807) is 0 Å². The standard InChI is InChI=1S/C49H70O6/c1-4-7-10-13-16-19-22-24-27-30-33-36-39-42-48(51)54-45-46(44-53-47(50)41-38-35-32-29-26-21-18-15-12-9-6-3)55-49(52)43-40-37-34-31-28-25-23-20-17-14-11-8-5-2/h7-8,10-11,13-28,30-31,33-34,46H,4-6,9,12,29,32,35-45H2,1-3H3/b10-7-,11-8-,16-13-,17-14-,18-15-,22-19-,23-20-,26-21-,27-24-,28-25-,33-30-,34-31-. The average molecular weight is 755 g/mol. The summed E-state index contributed by atoms with van der Waals surface area (Å²) < 4.78 is 16.5. The first kappa shape index (κ1) is 50.3. The van der Waals surface area contributed by atoms with Gasteiger partial charge in [0.25, 0.3) is 0 Å². The van der Waals surface area contributed by atoms with E-state index in [0.29, 0.717) is 19.3 Å². The second-order valence-corrected chi connectivity index (χ2v) is 12.7. The Labute approximate surface area is 334 Å². The van der Waals surface area contributed by atoms with Crippen LogP contribution in [0.25, 0.3) is 0 Å². The SMILES string of the molecule is CC\C=C/C=C\C=C/C=C\C=C/CCCC(=O)OCC(COC(=O)CCCCC/C=C\C=C/CCCC)OC(=O)CCC\C=C/C=C\C=C/C=C\C=C/CC. The third-order valence-corrected chi connectivity index (χ3v) is 7.59. The number of carbonyl (C=O) groups excluding carboxylic acids is 3. The van der Waals surface area contributed by atoms with E-state index < -0.39 is 12.1 Å². The van der Waals surface area contributed by atoms with Crippen LogP contribution in [0.15, 0.2) is 146 Å². The van der Waals surface area contributed by atoms with Gasteiger partial charge in [-0.15, -0.1) is 0 Å². The Bertz CT molecular complexity index is 1330. The molecule has 0 aromatic rings. The van der Waals surface area contributed by atoms with Crippen LogP contribution in [0.1, 0.15) is 124 Å². The molecule has 0 spiro atoms. The van der Waals surface area contributed by atoms with Gasteiger partial charge in [0.15, 0.2) is 6.10 Å². The van der Waals surface area contributed by atoms with Gasteiger partial charge in [-0.3, -0.25) is 14.4 Å². The number of hydrogen-bond acceptors (Lipinski definition) is 6. The molecule has 6 heteroatoms. The number of carbonyl (C=O) groups is 3. The lowest BCUT2D eigenvalue weighted by Gasteiger charge is -2.18. The summed E-state index contributed by atoms with van der Waals surface area (Å²) in [6.07, 6.45) is 59.9. The Kier molecular flexibility index (Phi) is 38.4.